The summed E-state index contributed by atoms with van der Waals surface area (Å²) in [6, 6.07) is 0. The highest BCUT2D eigenvalue weighted by molar-refractivity contribution is 5.78. The van der Waals surface area contributed by atoms with Gasteiger partial charge in [0.1, 0.15) is 0 Å². The lowest BCUT2D eigenvalue weighted by molar-refractivity contribution is -0.126. The summed E-state index contributed by atoms with van der Waals surface area (Å²) >= 11 is 0. The van der Waals surface area contributed by atoms with Crippen LogP contribution in [-0.2, 0) is 4.79 Å². The summed E-state index contributed by atoms with van der Waals surface area (Å²) in [6.45, 7) is 5.98. The van der Waals surface area contributed by atoms with Gasteiger partial charge in [-0.05, 0) is 25.8 Å². The molecule has 0 bridgehead atoms. The Bertz CT molecular complexity index is 238. The lowest BCUT2D eigenvalue weighted by Gasteiger charge is -2.23. The summed E-state index contributed by atoms with van der Waals surface area (Å²) < 4.78 is 0. The van der Waals surface area contributed by atoms with E-state index in [2.05, 4.69) is 17.6 Å². The molecule has 0 aliphatic carbocycles. The third-order valence-electron chi connectivity index (χ3n) is 3.58. The number of unbranched alkanes of at least 4 members (excludes halogenated alkanes) is 1. The molecule has 3 N–H and O–H groups in total. The monoisotopic (exact) mass is 242 g/mol. The highest BCUT2D eigenvalue weighted by Crippen LogP contribution is 2.15. The summed E-state index contributed by atoms with van der Waals surface area (Å²) in [5.74, 6) is 0.203. The van der Waals surface area contributed by atoms with Crippen molar-refractivity contribution in [3.05, 3.63) is 0 Å². The highest BCUT2D eigenvalue weighted by atomic mass is 16.3. The van der Waals surface area contributed by atoms with E-state index in [-0.39, 0.29) is 11.8 Å². The maximum absolute atomic E-state index is 11.9. The van der Waals surface area contributed by atoms with Gasteiger partial charge < -0.3 is 15.7 Å². The molecule has 0 spiro atoms. The first-order valence-electron chi connectivity index (χ1n) is 6.82. The predicted octanol–water partition coefficient (Wildman–Crippen LogP) is 1.04. The van der Waals surface area contributed by atoms with E-state index in [1.807, 2.05) is 6.92 Å². The molecule has 0 aromatic carbocycles. The molecule has 1 amide bonds. The molecule has 1 rings (SSSR count). The van der Waals surface area contributed by atoms with E-state index >= 15 is 0 Å². The Hall–Kier alpha value is -0.610. The molecule has 0 radical (unpaired) electrons. The minimum absolute atomic E-state index is 0.0984. The Labute approximate surface area is 104 Å². The molecule has 0 aromatic rings. The molecule has 4 nitrogen and oxygen atoms in total. The fourth-order valence-corrected chi connectivity index (χ4v) is 2.25. The van der Waals surface area contributed by atoms with Crippen LogP contribution in [0.1, 0.15) is 46.0 Å². The first-order chi connectivity index (χ1) is 8.11. The number of aliphatic hydroxyl groups is 1. The second-order valence-electron chi connectivity index (χ2n) is 5.12. The Morgan fingerprint density at radius 2 is 2.29 bits per heavy atom. The number of hydrogen-bond donors (Lipinski definition) is 3. The zero-order valence-corrected chi connectivity index (χ0v) is 11.1. The van der Waals surface area contributed by atoms with Gasteiger partial charge in [0, 0.05) is 19.0 Å². The molecular formula is C13H26N2O2. The Balaban J connectivity index is 2.31. The molecular weight excluding hydrogens is 216 g/mol. The number of carbonyl (C=O) groups excluding carboxylic acids is 1. The summed E-state index contributed by atoms with van der Waals surface area (Å²) in [5, 5.41) is 16.1. The van der Waals surface area contributed by atoms with Crippen LogP contribution < -0.4 is 10.6 Å². The van der Waals surface area contributed by atoms with Crippen LogP contribution in [0.15, 0.2) is 0 Å². The van der Waals surface area contributed by atoms with Crippen molar-refractivity contribution in [3.63, 3.8) is 0 Å². The molecule has 1 heterocycles. The quantitative estimate of drug-likeness (QED) is 0.625. The molecule has 17 heavy (non-hydrogen) atoms. The number of amides is 1. The van der Waals surface area contributed by atoms with Crippen LogP contribution in [0.3, 0.4) is 0 Å². The van der Waals surface area contributed by atoms with Gasteiger partial charge in [0.2, 0.25) is 5.91 Å². The zero-order valence-electron chi connectivity index (χ0n) is 11.1. The SMILES string of the molecule is CCCCC(CC)C(=O)NCC1(O)CCNC1. The van der Waals surface area contributed by atoms with Crippen LogP contribution in [0, 0.1) is 5.92 Å². The van der Waals surface area contributed by atoms with Gasteiger partial charge in [-0.3, -0.25) is 4.79 Å². The fraction of sp³-hybridized carbons (Fsp3) is 0.923. The second-order valence-corrected chi connectivity index (χ2v) is 5.12. The Morgan fingerprint density at radius 3 is 2.82 bits per heavy atom. The van der Waals surface area contributed by atoms with Gasteiger partial charge in [-0.1, -0.05) is 26.7 Å². The summed E-state index contributed by atoms with van der Waals surface area (Å²) in [4.78, 5) is 11.9. The van der Waals surface area contributed by atoms with Gasteiger partial charge in [-0.25, -0.2) is 0 Å². The molecule has 1 fully saturated rings. The average molecular weight is 242 g/mol. The van der Waals surface area contributed by atoms with Crippen molar-refractivity contribution in [2.45, 2.75) is 51.6 Å². The van der Waals surface area contributed by atoms with Gasteiger partial charge in [0.15, 0.2) is 0 Å². The first-order valence-corrected chi connectivity index (χ1v) is 6.82. The zero-order chi connectivity index (χ0) is 12.7. The number of carbonyl (C=O) groups is 1. The van der Waals surface area contributed by atoms with Crippen LogP contribution in [0.2, 0.25) is 0 Å². The topological polar surface area (TPSA) is 61.4 Å². The molecule has 2 unspecified atom stereocenters. The van der Waals surface area contributed by atoms with Gasteiger partial charge in [0.25, 0.3) is 0 Å². The smallest absolute Gasteiger partial charge is 0.223 e. The standard InChI is InChI=1S/C13H26N2O2/c1-3-5-6-11(4-2)12(16)15-10-13(17)7-8-14-9-13/h11,14,17H,3-10H2,1-2H3,(H,15,16). The summed E-state index contributed by atoms with van der Waals surface area (Å²) in [7, 11) is 0. The van der Waals surface area contributed by atoms with Gasteiger partial charge in [-0.15, -0.1) is 0 Å². The van der Waals surface area contributed by atoms with E-state index < -0.39 is 5.60 Å². The number of rotatable bonds is 7. The summed E-state index contributed by atoms with van der Waals surface area (Å²) in [6.07, 6.45) is 4.77. The Morgan fingerprint density at radius 1 is 1.53 bits per heavy atom. The van der Waals surface area contributed by atoms with Crippen LogP contribution in [0.4, 0.5) is 0 Å². The van der Waals surface area contributed by atoms with Crippen LogP contribution in [0.25, 0.3) is 0 Å². The molecule has 0 aromatic heterocycles. The largest absolute Gasteiger partial charge is 0.387 e. The highest BCUT2D eigenvalue weighted by Gasteiger charge is 2.31. The van der Waals surface area contributed by atoms with Crippen molar-refractivity contribution in [1.29, 1.82) is 0 Å². The molecule has 1 aliphatic heterocycles. The van der Waals surface area contributed by atoms with Crippen molar-refractivity contribution in [1.82, 2.24) is 10.6 Å². The molecule has 2 atom stereocenters. The maximum Gasteiger partial charge on any atom is 0.223 e. The second kappa shape index (κ2) is 6.97. The van der Waals surface area contributed by atoms with Crippen molar-refractivity contribution in [3.8, 4) is 0 Å². The van der Waals surface area contributed by atoms with E-state index in [1.165, 1.54) is 0 Å². The lowest BCUT2D eigenvalue weighted by atomic mass is 9.97. The van der Waals surface area contributed by atoms with Gasteiger partial charge in [0.05, 0.1) is 5.60 Å². The lowest BCUT2D eigenvalue weighted by Crippen LogP contribution is -2.46. The molecule has 0 saturated carbocycles. The normalized spacial score (nSPS) is 25.8. The van der Waals surface area contributed by atoms with Crippen molar-refractivity contribution in [2.75, 3.05) is 19.6 Å². The number of β-amino-alcohol motifs (C(OH)–C–C–N with tert-alkyl or cyclic N) is 1. The number of hydrogen-bond acceptors (Lipinski definition) is 3. The Kier molecular flexibility index (Phi) is 5.92. The van der Waals surface area contributed by atoms with E-state index in [0.29, 0.717) is 13.1 Å². The minimum Gasteiger partial charge on any atom is -0.387 e. The third-order valence-corrected chi connectivity index (χ3v) is 3.58. The number of nitrogens with one attached hydrogen (secondary N) is 2. The van der Waals surface area contributed by atoms with Gasteiger partial charge in [-0.2, -0.15) is 0 Å². The summed E-state index contributed by atoms with van der Waals surface area (Å²) in [5.41, 5.74) is -0.737. The minimum atomic E-state index is -0.737. The van der Waals surface area contributed by atoms with E-state index in [0.717, 1.165) is 38.6 Å². The third kappa shape index (κ3) is 4.64. The molecule has 1 aliphatic rings. The average Bonchev–Trinajstić information content (AvgIpc) is 2.75. The van der Waals surface area contributed by atoms with Crippen molar-refractivity contribution >= 4 is 5.91 Å². The van der Waals surface area contributed by atoms with Crippen LogP contribution in [0.5, 0.6) is 0 Å². The van der Waals surface area contributed by atoms with Gasteiger partial charge >= 0.3 is 0 Å². The van der Waals surface area contributed by atoms with Crippen molar-refractivity contribution < 1.29 is 9.90 Å². The van der Waals surface area contributed by atoms with E-state index in [9.17, 15) is 9.90 Å². The van der Waals surface area contributed by atoms with E-state index in [4.69, 9.17) is 0 Å². The van der Waals surface area contributed by atoms with Crippen LogP contribution >= 0.6 is 0 Å². The van der Waals surface area contributed by atoms with E-state index in [1.54, 1.807) is 0 Å². The van der Waals surface area contributed by atoms with Crippen molar-refractivity contribution in [2.24, 2.45) is 5.92 Å². The molecule has 4 heteroatoms. The van der Waals surface area contributed by atoms with Crippen LogP contribution in [-0.4, -0.2) is 36.2 Å². The predicted molar refractivity (Wildman–Crippen MR) is 68.8 cm³/mol. The molecule has 1 saturated heterocycles. The fourth-order valence-electron chi connectivity index (χ4n) is 2.25. The maximum atomic E-state index is 11.9. The molecule has 100 valence electrons. The first kappa shape index (κ1) is 14.5.